The van der Waals surface area contributed by atoms with Gasteiger partial charge in [0.15, 0.2) is 11.9 Å². The van der Waals surface area contributed by atoms with Gasteiger partial charge >= 0.3 is 5.97 Å². The normalized spacial score (nSPS) is 12.2. The zero-order valence-corrected chi connectivity index (χ0v) is 14.2. The highest BCUT2D eigenvalue weighted by molar-refractivity contribution is 9.11. The second-order valence-electron chi connectivity index (χ2n) is 4.08. The van der Waals surface area contributed by atoms with Crippen molar-refractivity contribution in [3.05, 3.63) is 33.3 Å². The molecule has 1 unspecified atom stereocenters. The average Bonchev–Trinajstić information content (AvgIpc) is 2.43. The quantitative estimate of drug-likeness (QED) is 0.722. The number of hydrogen-bond donors (Lipinski definition) is 0. The second kappa shape index (κ2) is 6.54. The Kier molecular flexibility index (Phi) is 4.99. The van der Waals surface area contributed by atoms with Gasteiger partial charge in [0.2, 0.25) is 0 Å². The topological polar surface area (TPSA) is 48.4 Å². The van der Waals surface area contributed by atoms with Crippen LogP contribution in [0.25, 0.3) is 10.9 Å². The molecule has 0 amide bonds. The lowest BCUT2D eigenvalue weighted by molar-refractivity contribution is -0.150. The maximum atomic E-state index is 11.7. The Morgan fingerprint density at radius 3 is 2.85 bits per heavy atom. The number of carbonyl (C=O) groups excluding carboxylic acids is 1. The number of esters is 1. The van der Waals surface area contributed by atoms with Gasteiger partial charge in [-0.2, -0.15) is 0 Å². The van der Waals surface area contributed by atoms with Crippen molar-refractivity contribution in [2.24, 2.45) is 0 Å². The summed E-state index contributed by atoms with van der Waals surface area (Å²) in [5, 5.41) is 0.918. The molecule has 1 heterocycles. The zero-order valence-electron chi connectivity index (χ0n) is 11.0. The van der Waals surface area contributed by atoms with Crippen molar-refractivity contribution < 1.29 is 14.3 Å². The lowest BCUT2D eigenvalue weighted by Gasteiger charge is -2.16. The molecule has 106 valence electrons. The molecule has 2 rings (SSSR count). The van der Waals surface area contributed by atoms with E-state index in [9.17, 15) is 4.79 Å². The third-order valence-corrected chi connectivity index (χ3v) is 3.91. The molecule has 1 aromatic carbocycles. The molecule has 0 radical (unpaired) electrons. The summed E-state index contributed by atoms with van der Waals surface area (Å²) < 4.78 is 12.3. The van der Waals surface area contributed by atoms with Gasteiger partial charge in [-0.15, -0.1) is 0 Å². The van der Waals surface area contributed by atoms with Gasteiger partial charge in [0.05, 0.1) is 11.1 Å². The molecular formula is C14H13Br2NO3. The molecule has 0 saturated carbocycles. The fourth-order valence-electron chi connectivity index (χ4n) is 1.74. The van der Waals surface area contributed by atoms with E-state index in [-0.39, 0.29) is 0 Å². The van der Waals surface area contributed by atoms with Gasteiger partial charge in [0.25, 0.3) is 0 Å². The van der Waals surface area contributed by atoms with Gasteiger partial charge in [-0.25, -0.2) is 4.79 Å². The first-order valence-corrected chi connectivity index (χ1v) is 7.69. The first kappa shape index (κ1) is 15.3. The minimum absolute atomic E-state index is 0.326. The van der Waals surface area contributed by atoms with Crippen LogP contribution in [0.3, 0.4) is 0 Å². The van der Waals surface area contributed by atoms with E-state index in [2.05, 4.69) is 36.8 Å². The molecule has 0 N–H and O–H groups in total. The second-order valence-corrected chi connectivity index (χ2v) is 5.79. The van der Waals surface area contributed by atoms with Crippen molar-refractivity contribution in [2.45, 2.75) is 20.0 Å². The Bertz CT molecular complexity index is 646. The van der Waals surface area contributed by atoms with Crippen LogP contribution in [0.4, 0.5) is 0 Å². The van der Waals surface area contributed by atoms with Crippen LogP contribution in [0.15, 0.2) is 33.3 Å². The standard InChI is InChI=1S/C14H13Br2NO3/c1-3-19-14(18)8(2)20-13-11(16)7-10(15)9-5-4-6-17-12(9)13/h4-8H,3H2,1-2H3. The van der Waals surface area contributed by atoms with Crippen LogP contribution in [-0.4, -0.2) is 23.7 Å². The van der Waals surface area contributed by atoms with Crippen LogP contribution < -0.4 is 4.74 Å². The molecule has 0 aliphatic rings. The number of ether oxygens (including phenoxy) is 2. The van der Waals surface area contributed by atoms with E-state index in [0.29, 0.717) is 17.9 Å². The van der Waals surface area contributed by atoms with Gasteiger partial charge in [-0.05, 0) is 41.9 Å². The monoisotopic (exact) mass is 401 g/mol. The summed E-state index contributed by atoms with van der Waals surface area (Å²) in [4.78, 5) is 16.0. The maximum absolute atomic E-state index is 11.7. The van der Waals surface area contributed by atoms with Crippen LogP contribution >= 0.6 is 31.9 Å². The van der Waals surface area contributed by atoms with Crippen molar-refractivity contribution >= 4 is 48.7 Å². The first-order chi connectivity index (χ1) is 9.54. The summed E-state index contributed by atoms with van der Waals surface area (Å²) in [5.74, 6) is 0.135. The summed E-state index contributed by atoms with van der Waals surface area (Å²) in [6, 6.07) is 5.65. The van der Waals surface area contributed by atoms with E-state index < -0.39 is 12.1 Å². The molecule has 0 bridgehead atoms. The molecule has 0 spiro atoms. The van der Waals surface area contributed by atoms with Crippen LogP contribution in [-0.2, 0) is 9.53 Å². The molecule has 6 heteroatoms. The fourth-order valence-corrected chi connectivity index (χ4v) is 3.11. The Morgan fingerprint density at radius 2 is 2.15 bits per heavy atom. The molecule has 0 aliphatic carbocycles. The van der Waals surface area contributed by atoms with Crippen molar-refractivity contribution in [2.75, 3.05) is 6.61 Å². The number of hydrogen-bond acceptors (Lipinski definition) is 4. The van der Waals surface area contributed by atoms with Crippen LogP contribution in [0.5, 0.6) is 5.75 Å². The highest BCUT2D eigenvalue weighted by Crippen LogP contribution is 2.37. The molecule has 0 fully saturated rings. The summed E-state index contributed by atoms with van der Waals surface area (Å²) in [7, 11) is 0. The van der Waals surface area contributed by atoms with Crippen molar-refractivity contribution in [1.82, 2.24) is 4.98 Å². The lowest BCUT2D eigenvalue weighted by atomic mass is 10.2. The lowest BCUT2D eigenvalue weighted by Crippen LogP contribution is -2.26. The minimum Gasteiger partial charge on any atom is -0.476 e. The number of carbonyl (C=O) groups is 1. The molecule has 4 nitrogen and oxygen atoms in total. The molecule has 2 aromatic rings. The predicted octanol–water partition coefficient (Wildman–Crippen LogP) is 4.09. The Labute approximate surface area is 133 Å². The largest absolute Gasteiger partial charge is 0.476 e. The van der Waals surface area contributed by atoms with Crippen LogP contribution in [0.2, 0.25) is 0 Å². The highest BCUT2D eigenvalue weighted by atomic mass is 79.9. The molecule has 0 saturated heterocycles. The van der Waals surface area contributed by atoms with Gasteiger partial charge in [-0.1, -0.05) is 22.0 Å². The number of pyridine rings is 1. The molecule has 1 atom stereocenters. The number of rotatable bonds is 4. The Balaban J connectivity index is 2.41. The first-order valence-electron chi connectivity index (χ1n) is 6.10. The number of aromatic nitrogens is 1. The summed E-state index contributed by atoms with van der Waals surface area (Å²) >= 11 is 6.92. The molecular weight excluding hydrogens is 390 g/mol. The number of halogens is 2. The van der Waals surface area contributed by atoms with Gasteiger partial charge in [0.1, 0.15) is 5.52 Å². The van der Waals surface area contributed by atoms with E-state index in [1.165, 1.54) is 0 Å². The van der Waals surface area contributed by atoms with E-state index in [1.807, 2.05) is 18.2 Å². The van der Waals surface area contributed by atoms with E-state index in [0.717, 1.165) is 14.3 Å². The summed E-state index contributed by atoms with van der Waals surface area (Å²) in [6.45, 7) is 3.74. The predicted molar refractivity (Wildman–Crippen MR) is 83.9 cm³/mol. The summed E-state index contributed by atoms with van der Waals surface area (Å²) in [5.41, 5.74) is 0.685. The number of nitrogens with zero attached hydrogens (tertiary/aromatic N) is 1. The van der Waals surface area contributed by atoms with Gasteiger partial charge < -0.3 is 9.47 Å². The third kappa shape index (κ3) is 3.12. The number of fused-ring (bicyclic) bond motifs is 1. The van der Waals surface area contributed by atoms with Crippen molar-refractivity contribution in [1.29, 1.82) is 0 Å². The molecule has 20 heavy (non-hydrogen) atoms. The smallest absolute Gasteiger partial charge is 0.347 e. The fraction of sp³-hybridized carbons (Fsp3) is 0.286. The van der Waals surface area contributed by atoms with Crippen molar-refractivity contribution in [3.8, 4) is 5.75 Å². The van der Waals surface area contributed by atoms with Gasteiger partial charge in [0, 0.05) is 16.1 Å². The molecule has 1 aromatic heterocycles. The van der Waals surface area contributed by atoms with Crippen LogP contribution in [0, 0.1) is 0 Å². The van der Waals surface area contributed by atoms with E-state index >= 15 is 0 Å². The average molecular weight is 403 g/mol. The maximum Gasteiger partial charge on any atom is 0.347 e. The number of benzene rings is 1. The highest BCUT2D eigenvalue weighted by Gasteiger charge is 2.20. The zero-order chi connectivity index (χ0) is 14.7. The van der Waals surface area contributed by atoms with Gasteiger partial charge in [-0.3, -0.25) is 4.98 Å². The van der Waals surface area contributed by atoms with E-state index in [4.69, 9.17) is 9.47 Å². The Hall–Kier alpha value is -1.14. The SMILES string of the molecule is CCOC(=O)C(C)Oc1c(Br)cc(Br)c2cccnc12. The van der Waals surface area contributed by atoms with E-state index in [1.54, 1.807) is 20.0 Å². The minimum atomic E-state index is -0.697. The van der Waals surface area contributed by atoms with Crippen molar-refractivity contribution in [3.63, 3.8) is 0 Å². The molecule has 0 aliphatic heterocycles. The Morgan fingerprint density at radius 1 is 1.40 bits per heavy atom. The third-order valence-electron chi connectivity index (χ3n) is 2.66. The summed E-state index contributed by atoms with van der Waals surface area (Å²) in [6.07, 6.45) is 0.987. The van der Waals surface area contributed by atoms with Crippen LogP contribution in [0.1, 0.15) is 13.8 Å².